The monoisotopic (exact) mass is 372 g/mol. The smallest absolute Gasteiger partial charge is 0.332 e. The van der Waals surface area contributed by atoms with Crippen molar-refractivity contribution in [2.24, 2.45) is 0 Å². The average molecular weight is 372 g/mol. The van der Waals surface area contributed by atoms with Crippen LogP contribution in [0, 0.1) is 0 Å². The summed E-state index contributed by atoms with van der Waals surface area (Å²) in [6.07, 6.45) is 0. The van der Waals surface area contributed by atoms with Crippen LogP contribution < -0.4 is 0 Å². The zero-order valence-corrected chi connectivity index (χ0v) is 15.6. The highest BCUT2D eigenvalue weighted by molar-refractivity contribution is 5.71. The van der Waals surface area contributed by atoms with Gasteiger partial charge in [-0.2, -0.15) is 0 Å². The lowest BCUT2D eigenvalue weighted by atomic mass is 10.2. The summed E-state index contributed by atoms with van der Waals surface area (Å²) in [5, 5.41) is 0. The Bertz CT molecular complexity index is 650. The van der Waals surface area contributed by atoms with Crippen LogP contribution in [0.5, 0.6) is 0 Å². The van der Waals surface area contributed by atoms with Crippen molar-refractivity contribution in [2.45, 2.75) is 32.8 Å². The van der Waals surface area contributed by atoms with Crippen LogP contribution in [0.3, 0.4) is 0 Å². The number of carbonyl (C=O) groups is 2. The molecule has 0 fully saturated rings. The molecule has 0 saturated heterocycles. The molecule has 0 N–H and O–H groups in total. The Hall–Kier alpha value is -2.70. The van der Waals surface area contributed by atoms with E-state index >= 15 is 0 Å². The predicted octanol–water partition coefficient (Wildman–Crippen LogP) is 3.24. The van der Waals surface area contributed by atoms with E-state index in [1.807, 2.05) is 60.7 Å². The van der Waals surface area contributed by atoms with Gasteiger partial charge in [-0.15, -0.1) is 0 Å². The fourth-order valence-electron chi connectivity index (χ4n) is 2.07. The number of esters is 2. The molecular formula is C21H24O6. The van der Waals surface area contributed by atoms with Crippen molar-refractivity contribution >= 4 is 11.9 Å². The molecule has 2 aromatic rings. The maximum Gasteiger partial charge on any atom is 0.332 e. The third kappa shape index (κ3) is 8.48. The fraction of sp³-hybridized carbons (Fsp3) is 0.333. The standard InChI is InChI=1S/C21H24O6/c1-21(2,26-15-19(22)24-13-17-9-5-3-6-10-17)27-16-20(23)25-14-18-11-7-4-8-12-18/h3-12H,13-16H2,1-2H3. The highest BCUT2D eigenvalue weighted by atomic mass is 16.7. The summed E-state index contributed by atoms with van der Waals surface area (Å²) in [4.78, 5) is 23.5. The molecule has 0 unspecified atom stereocenters. The molecule has 2 rings (SSSR count). The number of rotatable bonds is 10. The van der Waals surface area contributed by atoms with Crippen molar-refractivity contribution < 1.29 is 28.5 Å². The highest BCUT2D eigenvalue weighted by Gasteiger charge is 2.23. The summed E-state index contributed by atoms with van der Waals surface area (Å²) < 4.78 is 21.0. The van der Waals surface area contributed by atoms with E-state index in [4.69, 9.17) is 18.9 Å². The van der Waals surface area contributed by atoms with Gasteiger partial charge in [0.2, 0.25) is 0 Å². The molecule has 0 aliphatic heterocycles. The van der Waals surface area contributed by atoms with Crippen molar-refractivity contribution in [2.75, 3.05) is 13.2 Å². The Balaban J connectivity index is 1.63. The molecule has 0 aliphatic rings. The molecule has 0 amide bonds. The van der Waals surface area contributed by atoms with E-state index in [0.717, 1.165) is 11.1 Å². The van der Waals surface area contributed by atoms with Crippen molar-refractivity contribution in [3.8, 4) is 0 Å². The Morgan fingerprint density at radius 1 is 0.704 bits per heavy atom. The quantitative estimate of drug-likeness (QED) is 0.471. The zero-order chi connectivity index (χ0) is 19.5. The first-order valence-corrected chi connectivity index (χ1v) is 8.62. The maximum absolute atomic E-state index is 11.8. The average Bonchev–Trinajstić information content (AvgIpc) is 2.69. The predicted molar refractivity (Wildman–Crippen MR) is 98.5 cm³/mol. The molecule has 0 heterocycles. The Morgan fingerprint density at radius 2 is 1.07 bits per heavy atom. The summed E-state index contributed by atoms with van der Waals surface area (Å²) in [5.74, 6) is -2.15. The summed E-state index contributed by atoms with van der Waals surface area (Å²) >= 11 is 0. The first-order chi connectivity index (χ1) is 12.9. The Kier molecular flexibility index (Phi) is 7.98. The molecule has 0 spiro atoms. The van der Waals surface area contributed by atoms with E-state index in [9.17, 15) is 9.59 Å². The van der Waals surface area contributed by atoms with Gasteiger partial charge in [0.05, 0.1) is 0 Å². The third-order valence-electron chi connectivity index (χ3n) is 3.56. The number of hydrogen-bond donors (Lipinski definition) is 0. The molecule has 6 nitrogen and oxygen atoms in total. The van der Waals surface area contributed by atoms with Crippen LogP contribution in [0.15, 0.2) is 60.7 Å². The van der Waals surface area contributed by atoms with Crippen LogP contribution in [0.1, 0.15) is 25.0 Å². The lowest BCUT2D eigenvalue weighted by Crippen LogP contribution is -2.33. The van der Waals surface area contributed by atoms with Crippen LogP contribution in [-0.2, 0) is 41.8 Å². The molecule has 27 heavy (non-hydrogen) atoms. The molecular weight excluding hydrogens is 348 g/mol. The second kappa shape index (κ2) is 10.4. The van der Waals surface area contributed by atoms with Gasteiger partial charge in [0.1, 0.15) is 26.4 Å². The third-order valence-corrected chi connectivity index (χ3v) is 3.56. The minimum Gasteiger partial charge on any atom is -0.459 e. The molecule has 0 aliphatic carbocycles. The van der Waals surface area contributed by atoms with Crippen molar-refractivity contribution in [3.63, 3.8) is 0 Å². The van der Waals surface area contributed by atoms with Crippen LogP contribution in [0.4, 0.5) is 0 Å². The SMILES string of the molecule is CC(C)(OCC(=O)OCc1ccccc1)OCC(=O)OCc1ccccc1. The molecule has 0 atom stereocenters. The molecule has 0 radical (unpaired) electrons. The lowest BCUT2D eigenvalue weighted by Gasteiger charge is -2.24. The van der Waals surface area contributed by atoms with E-state index < -0.39 is 17.7 Å². The van der Waals surface area contributed by atoms with Gasteiger partial charge in [0.25, 0.3) is 0 Å². The first-order valence-electron chi connectivity index (χ1n) is 8.62. The first kappa shape index (κ1) is 20.6. The van der Waals surface area contributed by atoms with Crippen molar-refractivity contribution in [1.29, 1.82) is 0 Å². The normalized spacial score (nSPS) is 11.0. The van der Waals surface area contributed by atoms with Gasteiger partial charge in [-0.3, -0.25) is 0 Å². The van der Waals surface area contributed by atoms with E-state index in [1.165, 1.54) is 0 Å². The topological polar surface area (TPSA) is 71.1 Å². The highest BCUT2D eigenvalue weighted by Crippen LogP contribution is 2.12. The van der Waals surface area contributed by atoms with E-state index in [-0.39, 0.29) is 26.4 Å². The largest absolute Gasteiger partial charge is 0.459 e. The minimum absolute atomic E-state index is 0.177. The molecule has 144 valence electrons. The van der Waals surface area contributed by atoms with Crippen LogP contribution in [0.25, 0.3) is 0 Å². The van der Waals surface area contributed by atoms with Gasteiger partial charge in [0.15, 0.2) is 5.79 Å². The van der Waals surface area contributed by atoms with Crippen LogP contribution in [0.2, 0.25) is 0 Å². The lowest BCUT2D eigenvalue weighted by molar-refractivity contribution is -0.223. The van der Waals surface area contributed by atoms with Crippen LogP contribution >= 0.6 is 0 Å². The Morgan fingerprint density at radius 3 is 1.44 bits per heavy atom. The van der Waals surface area contributed by atoms with Crippen molar-refractivity contribution in [3.05, 3.63) is 71.8 Å². The molecule has 0 saturated carbocycles. The van der Waals surface area contributed by atoms with Crippen LogP contribution in [-0.4, -0.2) is 30.9 Å². The van der Waals surface area contributed by atoms with Gasteiger partial charge in [-0.1, -0.05) is 60.7 Å². The number of benzene rings is 2. The van der Waals surface area contributed by atoms with E-state index in [0.29, 0.717) is 0 Å². The number of ether oxygens (including phenoxy) is 4. The molecule has 6 heteroatoms. The Labute approximate surface area is 159 Å². The summed E-state index contributed by atoms with van der Waals surface area (Å²) in [5.41, 5.74) is 1.78. The molecule has 2 aromatic carbocycles. The second-order valence-corrected chi connectivity index (χ2v) is 6.27. The van der Waals surface area contributed by atoms with Gasteiger partial charge < -0.3 is 18.9 Å². The maximum atomic E-state index is 11.8. The van der Waals surface area contributed by atoms with Gasteiger partial charge >= 0.3 is 11.9 Å². The van der Waals surface area contributed by atoms with Gasteiger partial charge in [0, 0.05) is 0 Å². The van der Waals surface area contributed by atoms with Gasteiger partial charge in [-0.25, -0.2) is 9.59 Å². The minimum atomic E-state index is -1.13. The fourth-order valence-corrected chi connectivity index (χ4v) is 2.07. The summed E-state index contributed by atoms with van der Waals surface area (Å²) in [7, 11) is 0. The second-order valence-electron chi connectivity index (χ2n) is 6.27. The number of carbonyl (C=O) groups excluding carboxylic acids is 2. The molecule has 0 aromatic heterocycles. The van der Waals surface area contributed by atoms with Crippen molar-refractivity contribution in [1.82, 2.24) is 0 Å². The van der Waals surface area contributed by atoms with Gasteiger partial charge in [-0.05, 0) is 25.0 Å². The number of hydrogen-bond acceptors (Lipinski definition) is 6. The van der Waals surface area contributed by atoms with E-state index in [2.05, 4.69) is 0 Å². The zero-order valence-electron chi connectivity index (χ0n) is 15.6. The summed E-state index contributed by atoms with van der Waals surface area (Å²) in [6, 6.07) is 18.7. The molecule has 0 bridgehead atoms. The van der Waals surface area contributed by atoms with E-state index in [1.54, 1.807) is 13.8 Å². The summed E-state index contributed by atoms with van der Waals surface area (Å²) in [6.45, 7) is 3.02.